The van der Waals surface area contributed by atoms with Crippen molar-refractivity contribution in [3.8, 4) is 11.5 Å². The number of Topliss-reactive ketones (excluding diaryl/α,β-unsaturated/α-hetero) is 1. The van der Waals surface area contributed by atoms with Crippen LogP contribution in [0.3, 0.4) is 0 Å². The monoisotopic (exact) mass is 839 g/mol. The molecule has 0 radical (unpaired) electrons. The van der Waals surface area contributed by atoms with Gasteiger partial charge in [-0.05, 0) is 86.9 Å². The highest BCUT2D eigenvalue weighted by Crippen LogP contribution is 2.28. The van der Waals surface area contributed by atoms with Crippen LogP contribution in [0.4, 0.5) is 4.79 Å². The van der Waals surface area contributed by atoms with Gasteiger partial charge in [0.05, 0.1) is 6.04 Å². The van der Waals surface area contributed by atoms with E-state index in [1.54, 1.807) is 100 Å². The molecule has 1 unspecified atom stereocenters. The van der Waals surface area contributed by atoms with Crippen LogP contribution in [0, 0.1) is 5.92 Å². The molecule has 326 valence electrons. The second-order valence-electron chi connectivity index (χ2n) is 16.5. The lowest BCUT2D eigenvalue weighted by atomic mass is 9.83. The molecule has 2 aliphatic heterocycles. The molecule has 3 aliphatic rings. The molecular weight excluding hydrogens is 783 g/mol. The summed E-state index contributed by atoms with van der Waals surface area (Å²) in [6.45, 7) is 6.33. The molecule has 3 aromatic rings. The number of fused-ring (bicyclic) bond motifs is 10. The summed E-state index contributed by atoms with van der Waals surface area (Å²) in [6.07, 6.45) is 3.64. The molecule has 1 aliphatic carbocycles. The first-order valence-electron chi connectivity index (χ1n) is 21.0. The Labute approximate surface area is 356 Å². The van der Waals surface area contributed by atoms with Crippen LogP contribution < -0.4 is 31.3 Å². The minimum atomic E-state index is -1.29. The summed E-state index contributed by atoms with van der Waals surface area (Å²) in [5, 5.41) is 13.4. The van der Waals surface area contributed by atoms with Crippen molar-refractivity contribution in [2.75, 3.05) is 6.54 Å². The number of alkyl carbamates (subject to hydrolysis) is 1. The topological polar surface area (TPSA) is 207 Å². The fourth-order valence-electron chi connectivity index (χ4n) is 7.30. The number of hydrogen-bond donors (Lipinski definition) is 5. The molecule has 0 aromatic heterocycles. The third-order valence-electron chi connectivity index (χ3n) is 10.3. The second kappa shape index (κ2) is 21.8. The largest absolute Gasteiger partial charge is 0.460 e. The molecular formula is C46H57N5O10. The molecule has 4 atom stereocenters. The van der Waals surface area contributed by atoms with Gasteiger partial charge in [-0.25, -0.2) is 4.79 Å². The van der Waals surface area contributed by atoms with Crippen molar-refractivity contribution in [3.63, 3.8) is 0 Å². The maximum atomic E-state index is 14.5. The molecule has 0 spiro atoms. The van der Waals surface area contributed by atoms with Crippen molar-refractivity contribution in [2.24, 2.45) is 5.92 Å². The lowest BCUT2D eigenvalue weighted by Gasteiger charge is -2.33. The minimum Gasteiger partial charge on any atom is -0.460 e. The maximum absolute atomic E-state index is 14.5. The van der Waals surface area contributed by atoms with Crippen LogP contribution in [0.15, 0.2) is 78.9 Å². The number of carbonyl (C=O) groups is 7. The molecule has 1 saturated carbocycles. The number of nitrogens with one attached hydrogen (secondary N) is 5. The number of rotatable bonds is 12. The zero-order valence-corrected chi connectivity index (χ0v) is 35.3. The number of hydrogen-bond acceptors (Lipinski definition) is 10. The van der Waals surface area contributed by atoms with Gasteiger partial charge >= 0.3 is 12.1 Å². The van der Waals surface area contributed by atoms with Gasteiger partial charge in [0.15, 0.2) is 0 Å². The van der Waals surface area contributed by atoms with Gasteiger partial charge in [-0.1, -0.05) is 87.2 Å². The van der Waals surface area contributed by atoms with Gasteiger partial charge in [-0.2, -0.15) is 0 Å². The van der Waals surface area contributed by atoms with Crippen LogP contribution in [0.1, 0.15) is 89.3 Å². The molecule has 2 heterocycles. The third-order valence-corrected chi connectivity index (χ3v) is 10.3. The first-order chi connectivity index (χ1) is 29.2. The van der Waals surface area contributed by atoms with Crippen LogP contribution in [0.2, 0.25) is 0 Å². The standard InChI is InChI=1S/C46H57N5O10/c1-5-13-35(40(53)44(57)47-27-38(52)59-28-30-14-8-6-9-15-30)48-41(54)36-26-31-16-12-19-34(24-31)60-33-22-20-29(21-23-33)25-37(50-45(58)61-46(2,3)4)42(55)51-39(43(56)49-36)32-17-10-7-11-18-32/h6,8-9,12,14-16,19-24,32,35-37,39H,5,7,10-11,13,17-18,25-28H2,1-4H3,(H,47,57)(H,48,54)(H,49,56)(H,50,58)(H,51,55)/t35?,36-,37+,39+/m1/s1. The van der Waals surface area contributed by atoms with E-state index in [0.29, 0.717) is 41.9 Å². The number of esters is 1. The lowest BCUT2D eigenvalue weighted by molar-refractivity contribution is -0.146. The number of benzene rings is 3. The van der Waals surface area contributed by atoms with E-state index in [2.05, 4.69) is 26.6 Å². The Hall–Kier alpha value is -6.25. The van der Waals surface area contributed by atoms with E-state index >= 15 is 0 Å². The molecule has 5 amide bonds. The van der Waals surface area contributed by atoms with Crippen LogP contribution in [-0.2, 0) is 57.7 Å². The zero-order valence-electron chi connectivity index (χ0n) is 35.3. The van der Waals surface area contributed by atoms with Gasteiger partial charge in [-0.15, -0.1) is 0 Å². The van der Waals surface area contributed by atoms with Gasteiger partial charge in [0.2, 0.25) is 23.5 Å². The van der Waals surface area contributed by atoms with Crippen LogP contribution in [0.25, 0.3) is 0 Å². The van der Waals surface area contributed by atoms with Crippen molar-refractivity contribution in [2.45, 2.75) is 122 Å². The van der Waals surface area contributed by atoms with Crippen LogP contribution in [-0.4, -0.2) is 77.8 Å². The molecule has 3 aromatic carbocycles. The maximum Gasteiger partial charge on any atom is 0.408 e. The lowest BCUT2D eigenvalue weighted by Crippen LogP contribution is -2.60. The molecule has 1 fully saturated rings. The fourth-order valence-corrected chi connectivity index (χ4v) is 7.30. The second-order valence-corrected chi connectivity index (χ2v) is 16.5. The SMILES string of the molecule is CCCC(NC(=O)[C@H]1Cc2cccc(c2)Oc2ccc(cc2)C[C@H](NC(=O)OC(C)(C)C)C(=O)N[C@@H](C2CCCCC2)C(=O)N1)C(=O)C(=O)NCC(=O)OCc1ccccc1. The van der Waals surface area contributed by atoms with Gasteiger partial charge in [0.25, 0.3) is 5.91 Å². The van der Waals surface area contributed by atoms with E-state index in [0.717, 1.165) is 24.8 Å². The normalized spacial score (nSPS) is 19.1. The van der Waals surface area contributed by atoms with Crippen molar-refractivity contribution in [3.05, 3.63) is 95.6 Å². The highest BCUT2D eigenvalue weighted by Gasteiger charge is 2.37. The Bertz CT molecular complexity index is 2010. The molecule has 0 saturated heterocycles. The average Bonchev–Trinajstić information content (AvgIpc) is 3.23. The molecule has 6 rings (SSSR count). The summed E-state index contributed by atoms with van der Waals surface area (Å²) in [7, 11) is 0. The van der Waals surface area contributed by atoms with Crippen molar-refractivity contribution >= 4 is 41.5 Å². The molecule has 5 N–H and O–H groups in total. The highest BCUT2D eigenvalue weighted by molar-refractivity contribution is 6.38. The van der Waals surface area contributed by atoms with Crippen LogP contribution in [0.5, 0.6) is 11.5 Å². The predicted octanol–water partition coefficient (Wildman–Crippen LogP) is 4.73. The van der Waals surface area contributed by atoms with E-state index < -0.39 is 77.8 Å². The van der Waals surface area contributed by atoms with E-state index in [1.807, 2.05) is 6.07 Å². The zero-order chi connectivity index (χ0) is 43.9. The van der Waals surface area contributed by atoms with E-state index in [1.165, 1.54) is 0 Å². The summed E-state index contributed by atoms with van der Waals surface area (Å²) in [5.74, 6) is -4.11. The first kappa shape index (κ1) is 45.8. The van der Waals surface area contributed by atoms with E-state index in [9.17, 15) is 33.6 Å². The predicted molar refractivity (Wildman–Crippen MR) is 225 cm³/mol. The van der Waals surface area contributed by atoms with Gasteiger partial charge < -0.3 is 40.8 Å². The summed E-state index contributed by atoms with van der Waals surface area (Å²) in [5.41, 5.74) is 1.24. The Morgan fingerprint density at radius 3 is 2.23 bits per heavy atom. The molecule has 4 bridgehead atoms. The Kier molecular flexibility index (Phi) is 16.4. The summed E-state index contributed by atoms with van der Waals surface area (Å²) < 4.78 is 16.8. The van der Waals surface area contributed by atoms with Crippen LogP contribution >= 0.6 is 0 Å². The van der Waals surface area contributed by atoms with Gasteiger partial charge in [0, 0.05) is 12.8 Å². The van der Waals surface area contributed by atoms with Gasteiger partial charge in [-0.3, -0.25) is 28.8 Å². The van der Waals surface area contributed by atoms with E-state index in [-0.39, 0.29) is 31.8 Å². The number of carbonyl (C=O) groups excluding carboxylic acids is 7. The van der Waals surface area contributed by atoms with Crippen molar-refractivity contribution in [1.82, 2.24) is 26.6 Å². The average molecular weight is 840 g/mol. The Morgan fingerprint density at radius 2 is 1.54 bits per heavy atom. The van der Waals surface area contributed by atoms with Gasteiger partial charge in [0.1, 0.15) is 48.4 Å². The Morgan fingerprint density at radius 1 is 0.820 bits per heavy atom. The number of ether oxygens (including phenoxy) is 3. The highest BCUT2D eigenvalue weighted by atomic mass is 16.6. The fraction of sp³-hybridized carbons (Fsp3) is 0.457. The minimum absolute atomic E-state index is 0.0119. The van der Waals surface area contributed by atoms with E-state index in [4.69, 9.17) is 14.2 Å². The summed E-state index contributed by atoms with van der Waals surface area (Å²) in [6, 6.07) is 18.2. The number of amides is 5. The third kappa shape index (κ3) is 14.5. The quantitative estimate of drug-likeness (QED) is 0.125. The van der Waals surface area contributed by atoms with Crippen molar-refractivity contribution < 1.29 is 47.8 Å². The number of ketones is 1. The molecule has 15 heteroatoms. The molecule has 15 nitrogen and oxygen atoms in total. The Balaban J connectivity index is 1.40. The van der Waals surface area contributed by atoms with Crippen molar-refractivity contribution in [1.29, 1.82) is 0 Å². The first-order valence-corrected chi connectivity index (χ1v) is 21.0. The smallest absolute Gasteiger partial charge is 0.408 e. The summed E-state index contributed by atoms with van der Waals surface area (Å²) >= 11 is 0. The molecule has 61 heavy (non-hydrogen) atoms. The summed E-state index contributed by atoms with van der Waals surface area (Å²) in [4.78, 5) is 94.8.